The smallest absolute Gasteiger partial charge is 0.122 e. The number of rotatable bonds is 4. The summed E-state index contributed by atoms with van der Waals surface area (Å²) in [5.74, 6) is 1.97. The molecule has 0 amide bonds. The molecule has 0 bridgehead atoms. The molecular weight excluding hydrogens is 236 g/mol. The van der Waals surface area contributed by atoms with Crippen LogP contribution in [0, 0.1) is 12.3 Å². The number of hydrogen-bond acceptors (Lipinski definition) is 3. The standard InChI is InChI=1S/C16H28N2O/c1-12-5-6-15(19-12)14(11-17)18(4)13-7-9-16(2,3)10-8-13/h5-6,13-14H,7-11,17H2,1-4H3. The number of furan rings is 1. The molecule has 2 N–H and O–H groups in total. The summed E-state index contributed by atoms with van der Waals surface area (Å²) in [6.07, 6.45) is 5.13. The summed E-state index contributed by atoms with van der Waals surface area (Å²) in [6, 6.07) is 4.93. The molecule has 108 valence electrons. The van der Waals surface area contributed by atoms with E-state index < -0.39 is 0 Å². The van der Waals surface area contributed by atoms with E-state index in [0.717, 1.165) is 11.5 Å². The van der Waals surface area contributed by atoms with Crippen molar-refractivity contribution in [2.24, 2.45) is 11.1 Å². The van der Waals surface area contributed by atoms with E-state index in [2.05, 4.69) is 31.9 Å². The Bertz CT molecular complexity index is 401. The Labute approximate surface area is 117 Å². The largest absolute Gasteiger partial charge is 0.465 e. The molecule has 2 rings (SSSR count). The second kappa shape index (κ2) is 5.68. The summed E-state index contributed by atoms with van der Waals surface area (Å²) < 4.78 is 5.77. The quantitative estimate of drug-likeness (QED) is 0.905. The number of aryl methyl sites for hydroxylation is 1. The van der Waals surface area contributed by atoms with Crippen LogP contribution >= 0.6 is 0 Å². The third kappa shape index (κ3) is 3.40. The van der Waals surface area contributed by atoms with Gasteiger partial charge in [-0.15, -0.1) is 0 Å². The van der Waals surface area contributed by atoms with Crippen LogP contribution in [-0.4, -0.2) is 24.5 Å². The van der Waals surface area contributed by atoms with E-state index in [9.17, 15) is 0 Å². The van der Waals surface area contributed by atoms with E-state index in [-0.39, 0.29) is 6.04 Å². The molecule has 0 aromatic carbocycles. The minimum atomic E-state index is 0.208. The fourth-order valence-electron chi connectivity index (χ4n) is 3.16. The van der Waals surface area contributed by atoms with Gasteiger partial charge < -0.3 is 10.2 Å². The molecule has 1 aromatic heterocycles. The van der Waals surface area contributed by atoms with Crippen molar-refractivity contribution < 1.29 is 4.42 Å². The summed E-state index contributed by atoms with van der Waals surface area (Å²) in [4.78, 5) is 2.42. The van der Waals surface area contributed by atoms with Gasteiger partial charge in [0.25, 0.3) is 0 Å². The lowest BCUT2D eigenvalue weighted by molar-refractivity contribution is 0.0879. The highest BCUT2D eigenvalue weighted by Crippen LogP contribution is 2.38. The molecule has 1 saturated carbocycles. The average molecular weight is 264 g/mol. The molecule has 1 aliphatic carbocycles. The van der Waals surface area contributed by atoms with Crippen LogP contribution in [0.15, 0.2) is 16.5 Å². The third-order valence-corrected chi connectivity index (χ3v) is 4.69. The van der Waals surface area contributed by atoms with Crippen LogP contribution in [0.3, 0.4) is 0 Å². The molecule has 1 aromatic rings. The van der Waals surface area contributed by atoms with E-state index in [4.69, 9.17) is 10.2 Å². The zero-order valence-electron chi connectivity index (χ0n) is 12.8. The SMILES string of the molecule is Cc1ccc(C(CN)N(C)C2CCC(C)(C)CC2)o1. The van der Waals surface area contributed by atoms with E-state index >= 15 is 0 Å². The molecule has 3 nitrogen and oxygen atoms in total. The fourth-order valence-corrected chi connectivity index (χ4v) is 3.16. The molecule has 1 unspecified atom stereocenters. The van der Waals surface area contributed by atoms with E-state index in [1.165, 1.54) is 25.7 Å². The lowest BCUT2D eigenvalue weighted by atomic mass is 9.75. The molecule has 1 heterocycles. The van der Waals surface area contributed by atoms with Gasteiger partial charge in [-0.25, -0.2) is 0 Å². The number of nitrogens with two attached hydrogens (primary N) is 1. The highest BCUT2D eigenvalue weighted by molar-refractivity contribution is 5.10. The first kappa shape index (κ1) is 14.6. The third-order valence-electron chi connectivity index (χ3n) is 4.69. The maximum atomic E-state index is 5.97. The second-order valence-electron chi connectivity index (χ2n) is 6.76. The Kier molecular flexibility index (Phi) is 4.36. The summed E-state index contributed by atoms with van der Waals surface area (Å²) in [6.45, 7) is 7.35. The van der Waals surface area contributed by atoms with Crippen LogP contribution in [0.1, 0.15) is 57.1 Å². The molecule has 0 spiro atoms. The van der Waals surface area contributed by atoms with Gasteiger partial charge in [-0.05, 0) is 57.2 Å². The zero-order valence-corrected chi connectivity index (χ0v) is 12.8. The summed E-state index contributed by atoms with van der Waals surface area (Å²) in [7, 11) is 2.19. The van der Waals surface area contributed by atoms with E-state index in [1.807, 2.05) is 13.0 Å². The minimum absolute atomic E-state index is 0.208. The van der Waals surface area contributed by atoms with Crippen LogP contribution in [0.25, 0.3) is 0 Å². The number of likely N-dealkylation sites (N-methyl/N-ethyl adjacent to an activating group) is 1. The van der Waals surface area contributed by atoms with Gasteiger partial charge in [-0.3, -0.25) is 4.90 Å². The van der Waals surface area contributed by atoms with Gasteiger partial charge in [0, 0.05) is 12.6 Å². The Morgan fingerprint density at radius 2 is 2.00 bits per heavy atom. The number of nitrogens with zero attached hydrogens (tertiary/aromatic N) is 1. The van der Waals surface area contributed by atoms with Crippen LogP contribution in [0.2, 0.25) is 0 Å². The van der Waals surface area contributed by atoms with Crippen LogP contribution < -0.4 is 5.73 Å². The summed E-state index contributed by atoms with van der Waals surface area (Å²) in [5.41, 5.74) is 6.48. The van der Waals surface area contributed by atoms with E-state index in [1.54, 1.807) is 0 Å². The van der Waals surface area contributed by atoms with Crippen molar-refractivity contribution in [3.63, 3.8) is 0 Å². The van der Waals surface area contributed by atoms with Crippen LogP contribution in [-0.2, 0) is 0 Å². The Balaban J connectivity index is 2.03. The molecule has 1 aliphatic rings. The first-order valence-electron chi connectivity index (χ1n) is 7.41. The molecule has 1 fully saturated rings. The van der Waals surface area contributed by atoms with Gasteiger partial charge >= 0.3 is 0 Å². The molecule has 0 radical (unpaired) electrons. The highest BCUT2D eigenvalue weighted by atomic mass is 16.3. The van der Waals surface area contributed by atoms with Crippen molar-refractivity contribution in [1.82, 2.24) is 4.90 Å². The molecule has 19 heavy (non-hydrogen) atoms. The van der Waals surface area contributed by atoms with Gasteiger partial charge in [0.05, 0.1) is 6.04 Å². The maximum absolute atomic E-state index is 5.97. The Hall–Kier alpha value is -0.800. The lowest BCUT2D eigenvalue weighted by Crippen LogP contribution is -2.41. The molecular formula is C16H28N2O. The maximum Gasteiger partial charge on any atom is 0.122 e. The van der Waals surface area contributed by atoms with Gasteiger partial charge in [0.15, 0.2) is 0 Å². The van der Waals surface area contributed by atoms with E-state index in [0.29, 0.717) is 18.0 Å². The van der Waals surface area contributed by atoms with Crippen molar-refractivity contribution in [1.29, 1.82) is 0 Å². The van der Waals surface area contributed by atoms with Gasteiger partial charge in [-0.1, -0.05) is 13.8 Å². The van der Waals surface area contributed by atoms with Crippen molar-refractivity contribution >= 4 is 0 Å². The van der Waals surface area contributed by atoms with Crippen molar-refractivity contribution in [2.75, 3.05) is 13.6 Å². The Morgan fingerprint density at radius 1 is 1.37 bits per heavy atom. The van der Waals surface area contributed by atoms with Crippen molar-refractivity contribution in [3.05, 3.63) is 23.7 Å². The van der Waals surface area contributed by atoms with Crippen molar-refractivity contribution in [2.45, 2.75) is 58.5 Å². The first-order valence-corrected chi connectivity index (χ1v) is 7.41. The average Bonchev–Trinajstić information content (AvgIpc) is 2.76. The first-order chi connectivity index (χ1) is 8.93. The minimum Gasteiger partial charge on any atom is -0.465 e. The van der Waals surface area contributed by atoms with Crippen LogP contribution in [0.4, 0.5) is 0 Å². The predicted molar refractivity (Wildman–Crippen MR) is 79.0 cm³/mol. The zero-order chi connectivity index (χ0) is 14.0. The predicted octanol–water partition coefficient (Wildman–Crippen LogP) is 3.49. The molecule has 0 aliphatic heterocycles. The monoisotopic (exact) mass is 264 g/mol. The summed E-state index contributed by atoms with van der Waals surface area (Å²) in [5, 5.41) is 0. The second-order valence-corrected chi connectivity index (χ2v) is 6.76. The van der Waals surface area contributed by atoms with Gasteiger partial charge in [0.2, 0.25) is 0 Å². The topological polar surface area (TPSA) is 42.4 Å². The van der Waals surface area contributed by atoms with Crippen molar-refractivity contribution in [3.8, 4) is 0 Å². The lowest BCUT2D eigenvalue weighted by Gasteiger charge is -2.41. The molecule has 1 atom stereocenters. The van der Waals surface area contributed by atoms with Gasteiger partial charge in [0.1, 0.15) is 11.5 Å². The fraction of sp³-hybridized carbons (Fsp3) is 0.750. The number of hydrogen-bond donors (Lipinski definition) is 1. The van der Waals surface area contributed by atoms with Crippen LogP contribution in [0.5, 0.6) is 0 Å². The van der Waals surface area contributed by atoms with Gasteiger partial charge in [-0.2, -0.15) is 0 Å². The summed E-state index contributed by atoms with van der Waals surface area (Å²) >= 11 is 0. The highest BCUT2D eigenvalue weighted by Gasteiger charge is 2.32. The Morgan fingerprint density at radius 3 is 2.47 bits per heavy atom. The molecule has 3 heteroatoms. The molecule has 0 saturated heterocycles. The normalized spacial score (nSPS) is 21.8.